The van der Waals surface area contributed by atoms with Gasteiger partial charge in [0.25, 0.3) is 0 Å². The van der Waals surface area contributed by atoms with Crippen molar-refractivity contribution in [3.8, 4) is 0 Å². The van der Waals surface area contributed by atoms with Gasteiger partial charge < -0.3 is 4.74 Å². The summed E-state index contributed by atoms with van der Waals surface area (Å²) >= 11 is 0. The summed E-state index contributed by atoms with van der Waals surface area (Å²) in [5.41, 5.74) is 1.78. The van der Waals surface area contributed by atoms with Crippen LogP contribution in [0.15, 0.2) is 18.3 Å². The van der Waals surface area contributed by atoms with Crippen LogP contribution in [0.1, 0.15) is 44.9 Å². The molecule has 0 saturated carbocycles. The highest BCUT2D eigenvalue weighted by Gasteiger charge is 2.32. The highest BCUT2D eigenvalue weighted by atomic mass is 16.5. The summed E-state index contributed by atoms with van der Waals surface area (Å²) < 4.78 is 5.05. The number of ether oxygens (including phenoxy) is 1. The van der Waals surface area contributed by atoms with Gasteiger partial charge >= 0.3 is 5.97 Å². The molecule has 0 aliphatic rings. The van der Waals surface area contributed by atoms with Crippen LogP contribution in [0.2, 0.25) is 0 Å². The number of carbonyl (C=O) groups is 2. The van der Waals surface area contributed by atoms with Crippen LogP contribution in [-0.2, 0) is 14.3 Å². The van der Waals surface area contributed by atoms with Crippen molar-refractivity contribution in [1.82, 2.24) is 4.98 Å². The highest BCUT2D eigenvalue weighted by molar-refractivity contribution is 5.85. The quantitative estimate of drug-likeness (QED) is 0.750. The number of aryl methyl sites for hydroxylation is 1. The number of pyridine rings is 1. The topological polar surface area (TPSA) is 56.3 Å². The fraction of sp³-hybridized carbons (Fsp3) is 0.562. The molecule has 1 aromatic heterocycles. The van der Waals surface area contributed by atoms with E-state index < -0.39 is 0 Å². The molecule has 0 radical (unpaired) electrons. The lowest BCUT2D eigenvalue weighted by atomic mass is 9.78. The van der Waals surface area contributed by atoms with Crippen LogP contribution in [0.4, 0.5) is 0 Å². The van der Waals surface area contributed by atoms with Crippen molar-refractivity contribution in [3.05, 3.63) is 29.6 Å². The molecule has 0 bridgehead atoms. The van der Waals surface area contributed by atoms with E-state index in [1.807, 2.05) is 32.9 Å². The number of carbonyl (C=O) groups excluding carboxylic acids is 2. The average Bonchev–Trinajstić information content (AvgIpc) is 2.37. The Bertz CT molecular complexity index is 484. The van der Waals surface area contributed by atoms with Gasteiger partial charge in [-0.15, -0.1) is 0 Å². The second-order valence-electron chi connectivity index (χ2n) is 5.22. The third-order valence-corrected chi connectivity index (χ3v) is 3.69. The molecule has 0 spiro atoms. The van der Waals surface area contributed by atoms with Gasteiger partial charge in [-0.2, -0.15) is 0 Å². The molecule has 0 aliphatic carbocycles. The van der Waals surface area contributed by atoms with Crippen molar-refractivity contribution in [2.75, 3.05) is 6.61 Å². The van der Waals surface area contributed by atoms with Gasteiger partial charge in [-0.3, -0.25) is 14.6 Å². The molecule has 0 fully saturated rings. The zero-order valence-corrected chi connectivity index (χ0v) is 12.8. The minimum absolute atomic E-state index is 0.0549. The lowest BCUT2D eigenvalue weighted by molar-refractivity contribution is -0.149. The Hall–Kier alpha value is -1.71. The third kappa shape index (κ3) is 3.89. The van der Waals surface area contributed by atoms with Gasteiger partial charge in [0, 0.05) is 17.8 Å². The molecule has 0 N–H and O–H groups in total. The number of aromatic nitrogens is 1. The number of ketones is 1. The van der Waals surface area contributed by atoms with Crippen molar-refractivity contribution >= 4 is 11.8 Å². The van der Waals surface area contributed by atoms with Gasteiger partial charge in [0.1, 0.15) is 5.78 Å². The normalized spacial score (nSPS) is 15.2. The Morgan fingerprint density at radius 3 is 2.50 bits per heavy atom. The molecule has 4 heteroatoms. The van der Waals surface area contributed by atoms with Gasteiger partial charge in [0.2, 0.25) is 0 Å². The lowest BCUT2D eigenvalue weighted by Gasteiger charge is -2.26. The van der Waals surface area contributed by atoms with Gasteiger partial charge in [-0.1, -0.05) is 13.8 Å². The van der Waals surface area contributed by atoms with Crippen molar-refractivity contribution in [2.45, 2.75) is 40.5 Å². The number of esters is 1. The van der Waals surface area contributed by atoms with E-state index in [9.17, 15) is 9.59 Å². The Balaban J connectivity index is 3.02. The van der Waals surface area contributed by atoms with E-state index in [1.165, 1.54) is 0 Å². The molecule has 0 saturated heterocycles. The molecular weight excluding hydrogens is 254 g/mol. The van der Waals surface area contributed by atoms with E-state index in [-0.39, 0.29) is 29.5 Å². The SMILES string of the molecule is CCOC(=O)C(C)C(C)C(C(C)=O)c1ccnc(C)c1. The second-order valence-corrected chi connectivity index (χ2v) is 5.22. The molecule has 3 unspecified atom stereocenters. The third-order valence-electron chi connectivity index (χ3n) is 3.69. The van der Waals surface area contributed by atoms with Gasteiger partial charge in [-0.25, -0.2) is 0 Å². The average molecular weight is 277 g/mol. The number of Topliss-reactive ketones (excluding diaryl/α,β-unsaturated/α-hetero) is 1. The molecule has 4 nitrogen and oxygen atoms in total. The van der Waals surface area contributed by atoms with Crippen LogP contribution in [0.5, 0.6) is 0 Å². The van der Waals surface area contributed by atoms with E-state index in [2.05, 4.69) is 4.98 Å². The molecular formula is C16H23NO3. The second kappa shape index (κ2) is 7.17. The first-order valence-electron chi connectivity index (χ1n) is 6.98. The number of hydrogen-bond acceptors (Lipinski definition) is 4. The van der Waals surface area contributed by atoms with Crippen molar-refractivity contribution in [2.24, 2.45) is 11.8 Å². The summed E-state index contributed by atoms with van der Waals surface area (Å²) in [5, 5.41) is 0. The largest absolute Gasteiger partial charge is 0.466 e. The molecule has 0 amide bonds. The van der Waals surface area contributed by atoms with Crippen LogP contribution >= 0.6 is 0 Å². The Morgan fingerprint density at radius 2 is 2.00 bits per heavy atom. The summed E-state index contributed by atoms with van der Waals surface area (Å²) in [5.74, 6) is -0.946. The predicted molar refractivity (Wildman–Crippen MR) is 77.4 cm³/mol. The maximum absolute atomic E-state index is 12.0. The maximum atomic E-state index is 12.0. The lowest BCUT2D eigenvalue weighted by Crippen LogP contribution is -2.29. The van der Waals surface area contributed by atoms with Crippen LogP contribution in [0.25, 0.3) is 0 Å². The van der Waals surface area contributed by atoms with Crippen molar-refractivity contribution < 1.29 is 14.3 Å². The molecule has 0 aromatic carbocycles. The smallest absolute Gasteiger partial charge is 0.308 e. The summed E-state index contributed by atoms with van der Waals surface area (Å²) in [4.78, 5) is 28.0. The number of hydrogen-bond donors (Lipinski definition) is 0. The monoisotopic (exact) mass is 277 g/mol. The molecule has 110 valence electrons. The maximum Gasteiger partial charge on any atom is 0.308 e. The zero-order valence-electron chi connectivity index (χ0n) is 12.8. The van der Waals surface area contributed by atoms with E-state index >= 15 is 0 Å². The number of rotatable bonds is 6. The summed E-state index contributed by atoms with van der Waals surface area (Å²) in [6, 6.07) is 3.74. The molecule has 1 heterocycles. The molecule has 1 rings (SSSR count). The Labute approximate surface area is 120 Å². The molecule has 1 aromatic rings. The zero-order chi connectivity index (χ0) is 15.3. The van der Waals surface area contributed by atoms with Crippen LogP contribution in [0, 0.1) is 18.8 Å². The van der Waals surface area contributed by atoms with E-state index in [1.54, 1.807) is 20.0 Å². The van der Waals surface area contributed by atoms with Crippen LogP contribution in [0.3, 0.4) is 0 Å². The van der Waals surface area contributed by atoms with Crippen LogP contribution < -0.4 is 0 Å². The predicted octanol–water partition coefficient (Wildman–Crippen LogP) is 2.90. The first kappa shape index (κ1) is 16.3. The molecule has 3 atom stereocenters. The van der Waals surface area contributed by atoms with Crippen molar-refractivity contribution in [1.29, 1.82) is 0 Å². The fourth-order valence-corrected chi connectivity index (χ4v) is 2.45. The number of nitrogens with zero attached hydrogens (tertiary/aromatic N) is 1. The minimum atomic E-state index is -0.322. The van der Waals surface area contributed by atoms with Crippen molar-refractivity contribution in [3.63, 3.8) is 0 Å². The molecule has 20 heavy (non-hydrogen) atoms. The van der Waals surface area contributed by atoms with E-state index in [4.69, 9.17) is 4.74 Å². The van der Waals surface area contributed by atoms with E-state index in [0.717, 1.165) is 11.3 Å². The summed E-state index contributed by atoms with van der Waals surface area (Å²) in [6.45, 7) is 9.32. The fourth-order valence-electron chi connectivity index (χ4n) is 2.45. The minimum Gasteiger partial charge on any atom is -0.466 e. The first-order chi connectivity index (χ1) is 9.38. The van der Waals surface area contributed by atoms with E-state index in [0.29, 0.717) is 6.61 Å². The summed E-state index contributed by atoms with van der Waals surface area (Å²) in [7, 11) is 0. The highest BCUT2D eigenvalue weighted by Crippen LogP contribution is 2.31. The van der Waals surface area contributed by atoms with Gasteiger partial charge in [0.15, 0.2) is 0 Å². The van der Waals surface area contributed by atoms with Gasteiger partial charge in [-0.05, 0) is 44.4 Å². The van der Waals surface area contributed by atoms with Crippen LogP contribution in [-0.4, -0.2) is 23.3 Å². The summed E-state index contributed by atoms with van der Waals surface area (Å²) in [6.07, 6.45) is 1.70. The Kier molecular flexibility index (Phi) is 5.86. The van der Waals surface area contributed by atoms with Gasteiger partial charge in [0.05, 0.1) is 12.5 Å². The Morgan fingerprint density at radius 1 is 1.35 bits per heavy atom. The molecule has 0 aliphatic heterocycles. The standard InChI is InChI=1S/C16H23NO3/c1-6-20-16(19)12(4)11(3)15(13(5)18)14-7-8-17-10(2)9-14/h7-9,11-12,15H,6H2,1-5H3. The first-order valence-corrected chi connectivity index (χ1v) is 6.98.